The Balaban J connectivity index is 1.24. The van der Waals surface area contributed by atoms with Crippen LogP contribution in [0.5, 0.6) is 5.75 Å². The van der Waals surface area contributed by atoms with Crippen LogP contribution >= 0.6 is 0 Å². The fourth-order valence-corrected chi connectivity index (χ4v) is 6.71. The number of carbonyl (C=O) groups excluding carboxylic acids is 3. The van der Waals surface area contributed by atoms with Crippen molar-refractivity contribution in [2.75, 3.05) is 0 Å². The van der Waals surface area contributed by atoms with Crippen LogP contribution in [0.3, 0.4) is 0 Å². The van der Waals surface area contributed by atoms with Crippen molar-refractivity contribution < 1.29 is 23.9 Å². The summed E-state index contributed by atoms with van der Waals surface area (Å²) < 4.78 is 11.5. The predicted octanol–water partition coefficient (Wildman–Crippen LogP) is 6.85. The van der Waals surface area contributed by atoms with Crippen LogP contribution in [-0.4, -0.2) is 40.5 Å². The van der Waals surface area contributed by atoms with Gasteiger partial charge in [0.25, 0.3) is 0 Å². The fraction of sp³-hybridized carbons (Fsp3) is 0.341. The van der Waals surface area contributed by atoms with Gasteiger partial charge in [0.15, 0.2) is 0 Å². The summed E-state index contributed by atoms with van der Waals surface area (Å²) in [7, 11) is 0. The molecule has 3 atom stereocenters. The molecule has 4 aromatic rings. The lowest BCUT2D eigenvalue weighted by molar-refractivity contribution is -0.143. The maximum absolute atomic E-state index is 14.6. The molecule has 0 bridgehead atoms. The smallest absolute Gasteiger partial charge is 0.408 e. The van der Waals surface area contributed by atoms with Gasteiger partial charge in [-0.25, -0.2) is 4.79 Å². The van der Waals surface area contributed by atoms with Crippen LogP contribution in [0.1, 0.15) is 73.0 Å². The molecule has 4 aromatic carbocycles. The molecule has 0 saturated carbocycles. The number of aryl methyl sites for hydroxylation is 1. The zero-order valence-corrected chi connectivity index (χ0v) is 28.5. The van der Waals surface area contributed by atoms with Gasteiger partial charge in [0.05, 0.1) is 6.04 Å². The van der Waals surface area contributed by atoms with Crippen molar-refractivity contribution in [2.45, 2.75) is 89.8 Å². The second kappa shape index (κ2) is 15.0. The van der Waals surface area contributed by atoms with E-state index in [1.165, 1.54) is 5.56 Å². The first-order chi connectivity index (χ1) is 23.6. The van der Waals surface area contributed by atoms with Crippen LogP contribution in [0.15, 0.2) is 103 Å². The van der Waals surface area contributed by atoms with Gasteiger partial charge in [-0.3, -0.25) is 9.59 Å². The maximum Gasteiger partial charge on any atom is 0.408 e. The average molecular weight is 660 g/mol. The number of benzene rings is 4. The third-order valence-corrected chi connectivity index (χ3v) is 9.12. The van der Waals surface area contributed by atoms with Gasteiger partial charge < -0.3 is 25.0 Å². The number of rotatable bonds is 9. The van der Waals surface area contributed by atoms with Crippen molar-refractivity contribution >= 4 is 17.9 Å². The third kappa shape index (κ3) is 8.68. The second-order valence-corrected chi connectivity index (χ2v) is 13.9. The van der Waals surface area contributed by atoms with Crippen LogP contribution in [0, 0.1) is 0 Å². The van der Waals surface area contributed by atoms with E-state index < -0.39 is 23.8 Å². The minimum absolute atomic E-state index is 0.120. The van der Waals surface area contributed by atoms with Gasteiger partial charge in [0, 0.05) is 19.4 Å². The molecule has 6 rings (SSSR count). The Morgan fingerprint density at radius 2 is 1.49 bits per heavy atom. The summed E-state index contributed by atoms with van der Waals surface area (Å²) in [4.78, 5) is 43.5. The molecule has 0 fully saturated rings. The molecule has 0 saturated heterocycles. The number of hydrogen-bond acceptors (Lipinski definition) is 5. The van der Waals surface area contributed by atoms with E-state index >= 15 is 0 Å². The van der Waals surface area contributed by atoms with Crippen LogP contribution in [-0.2, 0) is 46.7 Å². The molecule has 49 heavy (non-hydrogen) atoms. The highest BCUT2D eigenvalue weighted by molar-refractivity contribution is 5.92. The van der Waals surface area contributed by atoms with Crippen molar-refractivity contribution in [2.24, 2.45) is 0 Å². The molecule has 1 aliphatic carbocycles. The molecular weight excluding hydrogens is 614 g/mol. The number of alkyl carbamates (subject to hydrolysis) is 1. The minimum atomic E-state index is -0.970. The summed E-state index contributed by atoms with van der Waals surface area (Å²) in [5.41, 5.74) is 5.55. The second-order valence-electron chi connectivity index (χ2n) is 13.9. The lowest BCUT2D eigenvalue weighted by Gasteiger charge is -2.39. The Hall–Kier alpha value is -5.11. The standard InChI is InChI=1S/C41H45N3O5/c1-41(2,3)49-40(47)43-36(24-28-20-22-33(23-21-28)48-27-29-12-5-4-6-13-29)39(46)44-26-32-16-8-7-15-31(32)25-37(44)38(45)42-35-19-11-17-30-14-9-10-18-34(30)35/h4-10,12-16,18,20-23,35-37H,11,17,19,24-27H2,1-3H3,(H,42,45)(H,43,47). The van der Waals surface area contributed by atoms with Gasteiger partial charge in [-0.05, 0) is 85.5 Å². The Bertz CT molecular complexity index is 1770. The molecule has 3 unspecified atom stereocenters. The van der Waals surface area contributed by atoms with Crippen molar-refractivity contribution in [3.05, 3.63) is 137 Å². The van der Waals surface area contributed by atoms with E-state index in [1.807, 2.05) is 91.0 Å². The van der Waals surface area contributed by atoms with Crippen LogP contribution in [0.2, 0.25) is 0 Å². The van der Waals surface area contributed by atoms with Crippen molar-refractivity contribution in [3.8, 4) is 5.75 Å². The molecule has 1 aliphatic heterocycles. The first kappa shape index (κ1) is 33.8. The number of nitrogens with one attached hydrogen (secondary N) is 2. The minimum Gasteiger partial charge on any atom is -0.489 e. The molecule has 254 valence electrons. The summed E-state index contributed by atoms with van der Waals surface area (Å²) in [5, 5.41) is 6.14. The van der Waals surface area contributed by atoms with Gasteiger partial charge in [-0.2, -0.15) is 0 Å². The molecular formula is C41H45N3O5. The Morgan fingerprint density at radius 3 is 2.22 bits per heavy atom. The summed E-state index contributed by atoms with van der Waals surface area (Å²) in [5.74, 6) is 0.165. The molecule has 2 aliphatic rings. The lowest BCUT2D eigenvalue weighted by Crippen LogP contribution is -2.58. The van der Waals surface area contributed by atoms with E-state index in [0.717, 1.165) is 47.1 Å². The van der Waals surface area contributed by atoms with Crippen molar-refractivity contribution in [3.63, 3.8) is 0 Å². The zero-order valence-electron chi connectivity index (χ0n) is 28.5. The Kier molecular flexibility index (Phi) is 10.3. The highest BCUT2D eigenvalue weighted by atomic mass is 16.6. The number of carbonyl (C=O) groups is 3. The average Bonchev–Trinajstić information content (AvgIpc) is 3.10. The summed E-state index contributed by atoms with van der Waals surface area (Å²) in [6, 6.07) is 31.8. The SMILES string of the molecule is CC(C)(C)OC(=O)NC(Cc1ccc(OCc2ccccc2)cc1)C(=O)N1Cc2ccccc2CC1C(=O)NC1CCCc2ccccc21. The normalized spacial score (nSPS) is 17.6. The van der Waals surface area contributed by atoms with E-state index in [4.69, 9.17) is 9.47 Å². The Morgan fingerprint density at radius 1 is 0.816 bits per heavy atom. The molecule has 0 spiro atoms. The van der Waals surface area contributed by atoms with Crippen LogP contribution < -0.4 is 15.4 Å². The number of ether oxygens (including phenoxy) is 2. The first-order valence-corrected chi connectivity index (χ1v) is 17.1. The summed E-state index contributed by atoms with van der Waals surface area (Å²) in [6.45, 7) is 6.04. The number of hydrogen-bond donors (Lipinski definition) is 2. The summed E-state index contributed by atoms with van der Waals surface area (Å²) >= 11 is 0. The topological polar surface area (TPSA) is 97.0 Å². The van der Waals surface area contributed by atoms with Crippen LogP contribution in [0.4, 0.5) is 4.79 Å². The van der Waals surface area contributed by atoms with Gasteiger partial charge in [-0.15, -0.1) is 0 Å². The molecule has 3 amide bonds. The highest BCUT2D eigenvalue weighted by Gasteiger charge is 2.39. The number of amides is 3. The van der Waals surface area contributed by atoms with E-state index in [2.05, 4.69) is 22.8 Å². The lowest BCUT2D eigenvalue weighted by atomic mass is 9.87. The van der Waals surface area contributed by atoms with E-state index in [9.17, 15) is 14.4 Å². The zero-order chi connectivity index (χ0) is 34.4. The van der Waals surface area contributed by atoms with Gasteiger partial charge in [0.1, 0.15) is 30.0 Å². The van der Waals surface area contributed by atoms with Crippen LogP contribution in [0.25, 0.3) is 0 Å². The van der Waals surface area contributed by atoms with Gasteiger partial charge >= 0.3 is 6.09 Å². The maximum atomic E-state index is 14.6. The van der Waals surface area contributed by atoms with Gasteiger partial charge in [0.2, 0.25) is 11.8 Å². The number of fused-ring (bicyclic) bond motifs is 2. The quantitative estimate of drug-likeness (QED) is 0.205. The monoisotopic (exact) mass is 659 g/mol. The van der Waals surface area contributed by atoms with E-state index in [1.54, 1.807) is 25.7 Å². The first-order valence-electron chi connectivity index (χ1n) is 17.1. The van der Waals surface area contributed by atoms with E-state index in [0.29, 0.717) is 18.8 Å². The molecule has 8 nitrogen and oxygen atoms in total. The predicted molar refractivity (Wildman–Crippen MR) is 189 cm³/mol. The van der Waals surface area contributed by atoms with Crippen molar-refractivity contribution in [1.29, 1.82) is 0 Å². The molecule has 0 aromatic heterocycles. The molecule has 2 N–H and O–H groups in total. The number of nitrogens with zero attached hydrogens (tertiary/aromatic N) is 1. The summed E-state index contributed by atoms with van der Waals surface area (Å²) in [6.07, 6.45) is 2.71. The molecule has 0 radical (unpaired) electrons. The largest absolute Gasteiger partial charge is 0.489 e. The van der Waals surface area contributed by atoms with Crippen molar-refractivity contribution in [1.82, 2.24) is 15.5 Å². The molecule has 8 heteroatoms. The third-order valence-electron chi connectivity index (χ3n) is 9.12. The molecule has 1 heterocycles. The van der Waals surface area contributed by atoms with Gasteiger partial charge in [-0.1, -0.05) is 91.0 Å². The van der Waals surface area contributed by atoms with E-state index in [-0.39, 0.29) is 30.8 Å². The highest BCUT2D eigenvalue weighted by Crippen LogP contribution is 2.31. The fourth-order valence-electron chi connectivity index (χ4n) is 6.71. The Labute approximate surface area is 288 Å².